The molecule has 21 heavy (non-hydrogen) atoms. The summed E-state index contributed by atoms with van der Waals surface area (Å²) < 4.78 is 5.26. The molecule has 1 amide bonds. The van der Waals surface area contributed by atoms with Gasteiger partial charge in [-0.15, -0.1) is 0 Å². The van der Waals surface area contributed by atoms with Gasteiger partial charge in [0.2, 0.25) is 5.89 Å². The third kappa shape index (κ3) is 4.09. The zero-order valence-electron chi connectivity index (χ0n) is 11.3. The van der Waals surface area contributed by atoms with Crippen LogP contribution in [0.5, 0.6) is 0 Å². The van der Waals surface area contributed by atoms with Crippen molar-refractivity contribution in [3.05, 3.63) is 52.2 Å². The molecule has 0 aliphatic carbocycles. The number of halogens is 1. The molecular weight excluding hydrogens is 292 g/mol. The first-order chi connectivity index (χ1) is 10.1. The molecule has 6 heteroatoms. The second-order valence-electron chi connectivity index (χ2n) is 4.20. The summed E-state index contributed by atoms with van der Waals surface area (Å²) in [6, 6.07) is 4.78. The average molecular weight is 305 g/mol. The largest absolute Gasteiger partial charge is 0.444 e. The number of aryl methyl sites for hydroxylation is 1. The van der Waals surface area contributed by atoms with E-state index in [1.165, 1.54) is 6.07 Å². The van der Waals surface area contributed by atoms with Crippen molar-refractivity contribution in [1.82, 2.24) is 10.3 Å². The number of oxazole rings is 1. The standard InChI is InChI=1S/C15H13ClN2O3/c1-10-8-17-14(21-10)9-18-15(20)12-5-4-11(3-2-6-19)13(16)7-12/h4-5,7-8,19H,6,9H2,1H3,(H,18,20). The van der Waals surface area contributed by atoms with E-state index in [9.17, 15) is 4.79 Å². The summed E-state index contributed by atoms with van der Waals surface area (Å²) in [6.07, 6.45) is 1.59. The molecule has 0 unspecified atom stereocenters. The Bertz CT molecular complexity index is 713. The average Bonchev–Trinajstić information content (AvgIpc) is 2.89. The Labute approximate surface area is 127 Å². The van der Waals surface area contributed by atoms with Crippen molar-refractivity contribution in [2.24, 2.45) is 0 Å². The van der Waals surface area contributed by atoms with E-state index in [2.05, 4.69) is 22.1 Å². The molecule has 1 heterocycles. The number of aliphatic hydroxyl groups is 1. The zero-order chi connectivity index (χ0) is 15.2. The zero-order valence-corrected chi connectivity index (χ0v) is 12.1. The minimum Gasteiger partial charge on any atom is -0.444 e. The molecule has 0 bridgehead atoms. The van der Waals surface area contributed by atoms with Gasteiger partial charge in [-0.05, 0) is 25.1 Å². The minimum absolute atomic E-state index is 0.205. The Morgan fingerprint density at radius 3 is 2.95 bits per heavy atom. The Morgan fingerprint density at radius 1 is 1.52 bits per heavy atom. The topological polar surface area (TPSA) is 75.4 Å². The molecule has 0 fully saturated rings. The lowest BCUT2D eigenvalue weighted by Crippen LogP contribution is -2.22. The van der Waals surface area contributed by atoms with Gasteiger partial charge in [0, 0.05) is 11.1 Å². The van der Waals surface area contributed by atoms with E-state index >= 15 is 0 Å². The summed E-state index contributed by atoms with van der Waals surface area (Å²) in [5, 5.41) is 11.7. The first kappa shape index (κ1) is 15.1. The lowest BCUT2D eigenvalue weighted by molar-refractivity contribution is 0.0947. The molecule has 2 N–H and O–H groups in total. The van der Waals surface area contributed by atoms with Gasteiger partial charge in [-0.3, -0.25) is 4.79 Å². The van der Waals surface area contributed by atoms with Crippen molar-refractivity contribution in [2.75, 3.05) is 6.61 Å². The Hall–Kier alpha value is -2.29. The molecule has 5 nitrogen and oxygen atoms in total. The number of aromatic nitrogens is 1. The van der Waals surface area contributed by atoms with Gasteiger partial charge in [0.15, 0.2) is 0 Å². The van der Waals surface area contributed by atoms with Crippen LogP contribution in [-0.2, 0) is 6.54 Å². The Balaban J connectivity index is 2.04. The summed E-state index contributed by atoms with van der Waals surface area (Å²) >= 11 is 6.03. The van der Waals surface area contributed by atoms with Crippen LogP contribution < -0.4 is 5.32 Å². The molecule has 1 aromatic carbocycles. The maximum atomic E-state index is 12.0. The smallest absolute Gasteiger partial charge is 0.251 e. The van der Waals surface area contributed by atoms with Gasteiger partial charge in [0.05, 0.1) is 17.8 Å². The SMILES string of the molecule is Cc1cnc(CNC(=O)c2ccc(C#CCO)c(Cl)c2)o1. The van der Waals surface area contributed by atoms with Crippen molar-refractivity contribution < 1.29 is 14.3 Å². The molecule has 0 atom stereocenters. The van der Waals surface area contributed by atoms with Crippen LogP contribution in [0.1, 0.15) is 27.6 Å². The van der Waals surface area contributed by atoms with Gasteiger partial charge >= 0.3 is 0 Å². The van der Waals surface area contributed by atoms with Gasteiger partial charge in [-0.2, -0.15) is 0 Å². The first-order valence-electron chi connectivity index (χ1n) is 6.19. The van der Waals surface area contributed by atoms with Crippen molar-refractivity contribution in [1.29, 1.82) is 0 Å². The molecule has 0 saturated carbocycles. The van der Waals surface area contributed by atoms with Gasteiger partial charge in [-0.25, -0.2) is 4.98 Å². The number of carbonyl (C=O) groups excluding carboxylic acids is 1. The van der Waals surface area contributed by atoms with Crippen LogP contribution in [0.4, 0.5) is 0 Å². The van der Waals surface area contributed by atoms with E-state index in [0.29, 0.717) is 27.8 Å². The second kappa shape index (κ2) is 6.93. The molecule has 0 radical (unpaired) electrons. The number of nitrogens with zero attached hydrogens (tertiary/aromatic N) is 1. The highest BCUT2D eigenvalue weighted by Crippen LogP contribution is 2.17. The molecule has 0 spiro atoms. The number of carbonyl (C=O) groups is 1. The monoisotopic (exact) mass is 304 g/mol. The molecule has 1 aromatic heterocycles. The fourth-order valence-corrected chi connectivity index (χ4v) is 1.86. The summed E-state index contributed by atoms with van der Waals surface area (Å²) in [5.41, 5.74) is 0.975. The van der Waals surface area contributed by atoms with Crippen molar-refractivity contribution in [3.8, 4) is 11.8 Å². The normalized spacial score (nSPS) is 9.86. The predicted molar refractivity (Wildman–Crippen MR) is 77.8 cm³/mol. The van der Waals surface area contributed by atoms with E-state index in [1.807, 2.05) is 0 Å². The minimum atomic E-state index is -0.283. The van der Waals surface area contributed by atoms with Crippen LogP contribution >= 0.6 is 11.6 Å². The van der Waals surface area contributed by atoms with Crippen LogP contribution in [0.3, 0.4) is 0 Å². The highest BCUT2D eigenvalue weighted by Gasteiger charge is 2.09. The fourth-order valence-electron chi connectivity index (χ4n) is 1.63. The number of hydrogen-bond acceptors (Lipinski definition) is 4. The number of nitrogens with one attached hydrogen (secondary N) is 1. The van der Waals surface area contributed by atoms with E-state index in [0.717, 1.165) is 0 Å². The molecular formula is C15H13ClN2O3. The third-order valence-corrected chi connectivity index (χ3v) is 2.92. The van der Waals surface area contributed by atoms with Gasteiger partial charge in [0.25, 0.3) is 5.91 Å². The van der Waals surface area contributed by atoms with Gasteiger partial charge in [0.1, 0.15) is 12.4 Å². The maximum Gasteiger partial charge on any atom is 0.251 e. The first-order valence-corrected chi connectivity index (χ1v) is 6.56. The number of hydrogen-bond donors (Lipinski definition) is 2. The second-order valence-corrected chi connectivity index (χ2v) is 4.61. The van der Waals surface area contributed by atoms with E-state index in [1.54, 1.807) is 25.3 Å². The number of amides is 1. The molecule has 2 aromatic rings. The predicted octanol–water partition coefficient (Wildman–Crippen LogP) is 1.91. The molecule has 108 valence electrons. The molecule has 2 rings (SSSR count). The quantitative estimate of drug-likeness (QED) is 0.849. The number of rotatable bonds is 3. The van der Waals surface area contributed by atoms with E-state index < -0.39 is 0 Å². The van der Waals surface area contributed by atoms with E-state index in [-0.39, 0.29) is 19.1 Å². The molecule has 0 aliphatic heterocycles. The van der Waals surface area contributed by atoms with Crippen LogP contribution in [0.25, 0.3) is 0 Å². The third-order valence-electron chi connectivity index (χ3n) is 2.60. The highest BCUT2D eigenvalue weighted by atomic mass is 35.5. The van der Waals surface area contributed by atoms with Gasteiger partial charge in [-0.1, -0.05) is 23.4 Å². The van der Waals surface area contributed by atoms with Crippen molar-refractivity contribution in [3.63, 3.8) is 0 Å². The van der Waals surface area contributed by atoms with Gasteiger partial charge < -0.3 is 14.8 Å². The highest BCUT2D eigenvalue weighted by molar-refractivity contribution is 6.32. The van der Waals surface area contributed by atoms with Crippen LogP contribution in [0, 0.1) is 18.8 Å². The summed E-state index contributed by atoms with van der Waals surface area (Å²) in [4.78, 5) is 16.0. The molecule has 0 aliphatic rings. The summed E-state index contributed by atoms with van der Waals surface area (Å²) in [5.74, 6) is 6.05. The number of aliphatic hydroxyl groups excluding tert-OH is 1. The van der Waals surface area contributed by atoms with Crippen LogP contribution in [-0.4, -0.2) is 22.6 Å². The van der Waals surface area contributed by atoms with Crippen LogP contribution in [0.15, 0.2) is 28.8 Å². The lowest BCUT2D eigenvalue weighted by atomic mass is 10.1. The summed E-state index contributed by atoms with van der Waals surface area (Å²) in [7, 11) is 0. The van der Waals surface area contributed by atoms with Crippen molar-refractivity contribution >= 4 is 17.5 Å². The Kier molecular flexibility index (Phi) is 4.99. The lowest BCUT2D eigenvalue weighted by Gasteiger charge is -2.04. The fraction of sp³-hybridized carbons (Fsp3) is 0.200. The molecule has 0 saturated heterocycles. The maximum absolute atomic E-state index is 12.0. The van der Waals surface area contributed by atoms with E-state index in [4.69, 9.17) is 21.1 Å². The summed E-state index contributed by atoms with van der Waals surface area (Å²) in [6.45, 7) is 1.74. The Morgan fingerprint density at radius 2 is 2.33 bits per heavy atom. The van der Waals surface area contributed by atoms with Crippen molar-refractivity contribution in [2.45, 2.75) is 13.5 Å². The van der Waals surface area contributed by atoms with Crippen LogP contribution in [0.2, 0.25) is 5.02 Å². The number of benzene rings is 1.